The number of thiophene rings is 1. The van der Waals surface area contributed by atoms with E-state index < -0.39 is 11.7 Å². The maximum absolute atomic E-state index is 10.8. The molecule has 1 aliphatic rings. The Kier molecular flexibility index (Phi) is 2.90. The van der Waals surface area contributed by atoms with Gasteiger partial charge < -0.3 is 15.1 Å². The van der Waals surface area contributed by atoms with Gasteiger partial charge in [0, 0.05) is 23.9 Å². The number of nitrogens with zero attached hydrogens (tertiary/aromatic N) is 1. The van der Waals surface area contributed by atoms with E-state index in [1.807, 2.05) is 24.4 Å². The van der Waals surface area contributed by atoms with E-state index in [2.05, 4.69) is 0 Å². The molecule has 1 aromatic rings. The van der Waals surface area contributed by atoms with Crippen LogP contribution in [0.2, 0.25) is 0 Å². The van der Waals surface area contributed by atoms with Gasteiger partial charge in [-0.1, -0.05) is 13.0 Å². The summed E-state index contributed by atoms with van der Waals surface area (Å²) in [6.45, 7) is 2.69. The van der Waals surface area contributed by atoms with Crippen LogP contribution in [-0.4, -0.2) is 34.3 Å². The highest BCUT2D eigenvalue weighted by molar-refractivity contribution is 7.10. The topological polar surface area (TPSA) is 60.8 Å². The van der Waals surface area contributed by atoms with Crippen molar-refractivity contribution in [3.05, 3.63) is 22.4 Å². The third kappa shape index (κ3) is 1.81. The smallest absolute Gasteiger partial charge is 0.407 e. The largest absolute Gasteiger partial charge is 0.465 e. The zero-order valence-corrected chi connectivity index (χ0v) is 9.91. The number of rotatable bonds is 1. The summed E-state index contributed by atoms with van der Waals surface area (Å²) in [5.74, 6) is -0.0731. The first-order valence-corrected chi connectivity index (χ1v) is 6.16. The Labute approximate surface area is 98.1 Å². The van der Waals surface area contributed by atoms with E-state index in [0.29, 0.717) is 19.5 Å². The number of hydrogen-bond donors (Lipinski definition) is 2. The van der Waals surface area contributed by atoms with Gasteiger partial charge in [0.15, 0.2) is 0 Å². The van der Waals surface area contributed by atoms with E-state index in [4.69, 9.17) is 5.11 Å². The average Bonchev–Trinajstić information content (AvgIpc) is 2.75. The lowest BCUT2D eigenvalue weighted by molar-refractivity contribution is -0.0626. The van der Waals surface area contributed by atoms with Crippen molar-refractivity contribution in [1.82, 2.24) is 4.90 Å². The SMILES string of the molecule is CC1CN(C(=O)O)CCC1(O)c1cccs1. The molecule has 0 bridgehead atoms. The summed E-state index contributed by atoms with van der Waals surface area (Å²) in [5.41, 5.74) is -0.861. The number of likely N-dealkylation sites (tertiary alicyclic amines) is 1. The first kappa shape index (κ1) is 11.4. The molecule has 1 fully saturated rings. The molecule has 88 valence electrons. The van der Waals surface area contributed by atoms with Crippen molar-refractivity contribution in [2.24, 2.45) is 5.92 Å². The molecule has 1 aromatic heterocycles. The normalized spacial score (nSPS) is 30.4. The molecule has 2 unspecified atom stereocenters. The number of piperidine rings is 1. The molecule has 1 amide bonds. The van der Waals surface area contributed by atoms with Crippen LogP contribution in [-0.2, 0) is 5.60 Å². The van der Waals surface area contributed by atoms with Crippen molar-refractivity contribution < 1.29 is 15.0 Å². The first-order chi connectivity index (χ1) is 7.54. The van der Waals surface area contributed by atoms with E-state index in [-0.39, 0.29) is 5.92 Å². The highest BCUT2D eigenvalue weighted by Gasteiger charge is 2.42. The zero-order chi connectivity index (χ0) is 11.8. The standard InChI is InChI=1S/C11H15NO3S/c1-8-7-12(10(13)14)5-4-11(8,15)9-3-2-6-16-9/h2-3,6,8,15H,4-5,7H2,1H3,(H,13,14). The van der Waals surface area contributed by atoms with Gasteiger partial charge in [0.2, 0.25) is 0 Å². The lowest BCUT2D eigenvalue weighted by Crippen LogP contribution is -2.50. The van der Waals surface area contributed by atoms with Crippen LogP contribution in [0.1, 0.15) is 18.2 Å². The Morgan fingerprint density at radius 1 is 1.69 bits per heavy atom. The van der Waals surface area contributed by atoms with Gasteiger partial charge in [-0.25, -0.2) is 4.79 Å². The Balaban J connectivity index is 2.18. The molecule has 0 saturated carbocycles. The van der Waals surface area contributed by atoms with Crippen LogP contribution in [0.15, 0.2) is 17.5 Å². The number of carboxylic acid groups (broad SMARTS) is 1. The lowest BCUT2D eigenvalue weighted by atomic mass is 9.81. The van der Waals surface area contributed by atoms with Gasteiger partial charge in [-0.3, -0.25) is 0 Å². The minimum Gasteiger partial charge on any atom is -0.465 e. The summed E-state index contributed by atoms with van der Waals surface area (Å²) >= 11 is 1.53. The number of amides is 1. The van der Waals surface area contributed by atoms with Crippen LogP contribution < -0.4 is 0 Å². The fourth-order valence-electron chi connectivity index (χ4n) is 2.19. The Morgan fingerprint density at radius 2 is 2.44 bits per heavy atom. The van der Waals surface area contributed by atoms with Crippen LogP contribution in [0.5, 0.6) is 0 Å². The monoisotopic (exact) mass is 241 g/mol. The van der Waals surface area contributed by atoms with Crippen molar-refractivity contribution in [2.75, 3.05) is 13.1 Å². The molecule has 0 radical (unpaired) electrons. The quantitative estimate of drug-likeness (QED) is 0.790. The van der Waals surface area contributed by atoms with Crippen molar-refractivity contribution >= 4 is 17.4 Å². The number of carbonyl (C=O) groups is 1. The molecule has 2 atom stereocenters. The van der Waals surface area contributed by atoms with Crippen molar-refractivity contribution in [2.45, 2.75) is 18.9 Å². The summed E-state index contributed by atoms with van der Waals surface area (Å²) in [6.07, 6.45) is -0.430. The van der Waals surface area contributed by atoms with Crippen LogP contribution in [0.25, 0.3) is 0 Å². The van der Waals surface area contributed by atoms with Crippen molar-refractivity contribution in [3.63, 3.8) is 0 Å². The van der Waals surface area contributed by atoms with Gasteiger partial charge in [-0.05, 0) is 17.9 Å². The summed E-state index contributed by atoms with van der Waals surface area (Å²) in [4.78, 5) is 13.1. The predicted molar refractivity (Wildman–Crippen MR) is 61.6 cm³/mol. The molecule has 0 aromatic carbocycles. The second kappa shape index (κ2) is 4.07. The zero-order valence-electron chi connectivity index (χ0n) is 9.09. The van der Waals surface area contributed by atoms with E-state index in [1.54, 1.807) is 0 Å². The van der Waals surface area contributed by atoms with Gasteiger partial charge >= 0.3 is 6.09 Å². The Morgan fingerprint density at radius 3 is 2.94 bits per heavy atom. The van der Waals surface area contributed by atoms with Gasteiger partial charge in [-0.2, -0.15) is 0 Å². The van der Waals surface area contributed by atoms with Gasteiger partial charge in [0.25, 0.3) is 0 Å². The first-order valence-electron chi connectivity index (χ1n) is 5.28. The van der Waals surface area contributed by atoms with Crippen molar-refractivity contribution in [3.8, 4) is 0 Å². The Hall–Kier alpha value is -1.07. The predicted octanol–water partition coefficient (Wildman–Crippen LogP) is 1.96. The lowest BCUT2D eigenvalue weighted by Gasteiger charge is -2.41. The van der Waals surface area contributed by atoms with E-state index in [1.165, 1.54) is 16.2 Å². The van der Waals surface area contributed by atoms with Gasteiger partial charge in [0.05, 0.1) is 0 Å². The minimum absolute atomic E-state index is 0.0731. The molecular formula is C11H15NO3S. The molecular weight excluding hydrogens is 226 g/mol. The molecule has 2 heterocycles. The third-order valence-corrected chi connectivity index (χ3v) is 4.33. The maximum Gasteiger partial charge on any atom is 0.407 e. The van der Waals surface area contributed by atoms with Gasteiger partial charge in [0.1, 0.15) is 5.60 Å². The molecule has 1 saturated heterocycles. The van der Waals surface area contributed by atoms with Gasteiger partial charge in [-0.15, -0.1) is 11.3 Å². The molecule has 4 nitrogen and oxygen atoms in total. The highest BCUT2D eigenvalue weighted by Crippen LogP contribution is 2.39. The van der Waals surface area contributed by atoms with Crippen LogP contribution in [0, 0.1) is 5.92 Å². The second-order valence-corrected chi connectivity index (χ2v) is 5.23. The fourth-order valence-corrected chi connectivity index (χ4v) is 3.16. The molecule has 16 heavy (non-hydrogen) atoms. The van der Waals surface area contributed by atoms with E-state index in [0.717, 1.165) is 4.88 Å². The third-order valence-electron chi connectivity index (χ3n) is 3.29. The molecule has 2 N–H and O–H groups in total. The summed E-state index contributed by atoms with van der Waals surface area (Å²) in [7, 11) is 0. The molecule has 2 rings (SSSR count). The average molecular weight is 241 g/mol. The fraction of sp³-hybridized carbons (Fsp3) is 0.545. The number of hydrogen-bond acceptors (Lipinski definition) is 3. The second-order valence-electron chi connectivity index (χ2n) is 4.28. The van der Waals surface area contributed by atoms with E-state index in [9.17, 15) is 9.90 Å². The summed E-state index contributed by atoms with van der Waals surface area (Å²) in [6, 6.07) is 3.83. The number of aliphatic hydroxyl groups is 1. The van der Waals surface area contributed by atoms with E-state index >= 15 is 0 Å². The summed E-state index contributed by atoms with van der Waals surface area (Å²) < 4.78 is 0. The van der Waals surface area contributed by atoms with Crippen molar-refractivity contribution in [1.29, 1.82) is 0 Å². The maximum atomic E-state index is 10.8. The molecule has 0 aliphatic carbocycles. The highest BCUT2D eigenvalue weighted by atomic mass is 32.1. The summed E-state index contributed by atoms with van der Waals surface area (Å²) in [5, 5.41) is 21.4. The van der Waals surface area contributed by atoms with Crippen LogP contribution >= 0.6 is 11.3 Å². The molecule has 0 spiro atoms. The van der Waals surface area contributed by atoms with Crippen LogP contribution in [0.3, 0.4) is 0 Å². The molecule has 1 aliphatic heterocycles. The minimum atomic E-state index is -0.903. The molecule has 5 heteroatoms. The Bertz CT molecular complexity index is 379. The van der Waals surface area contributed by atoms with Crippen LogP contribution in [0.4, 0.5) is 4.79 Å².